The van der Waals surface area contributed by atoms with Gasteiger partial charge in [0, 0.05) is 5.69 Å². The maximum absolute atomic E-state index is 11.7. The van der Waals surface area contributed by atoms with Gasteiger partial charge in [-0.05, 0) is 18.1 Å². The molecule has 0 bridgehead atoms. The molecule has 0 aromatic heterocycles. The predicted molar refractivity (Wildman–Crippen MR) is 71.7 cm³/mol. The Balaban J connectivity index is 2.70. The van der Waals surface area contributed by atoms with Crippen LogP contribution >= 0.6 is 0 Å². The van der Waals surface area contributed by atoms with Crippen LogP contribution in [0.4, 0.5) is 10.5 Å². The van der Waals surface area contributed by atoms with E-state index in [1.54, 1.807) is 12.1 Å². The summed E-state index contributed by atoms with van der Waals surface area (Å²) < 4.78 is 0. The van der Waals surface area contributed by atoms with Gasteiger partial charge in [0.2, 0.25) is 0 Å². The van der Waals surface area contributed by atoms with E-state index in [9.17, 15) is 14.4 Å². The van der Waals surface area contributed by atoms with Gasteiger partial charge in [-0.3, -0.25) is 4.79 Å². The molecular formula is C13H16N2O5. The van der Waals surface area contributed by atoms with Crippen LogP contribution in [0.5, 0.6) is 0 Å². The molecule has 0 unspecified atom stereocenters. The minimum absolute atomic E-state index is 0.562. The second kappa shape index (κ2) is 7.13. The Morgan fingerprint density at radius 2 is 1.85 bits per heavy atom. The van der Waals surface area contributed by atoms with Crippen molar-refractivity contribution in [2.45, 2.75) is 25.8 Å². The number of para-hydroxylation sites is 1. The van der Waals surface area contributed by atoms with Gasteiger partial charge in [0.05, 0.1) is 6.42 Å². The molecule has 2 amide bonds. The topological polar surface area (TPSA) is 116 Å². The van der Waals surface area contributed by atoms with Crippen molar-refractivity contribution in [2.75, 3.05) is 5.32 Å². The van der Waals surface area contributed by atoms with E-state index in [0.717, 1.165) is 5.56 Å². The number of hydrogen-bond donors (Lipinski definition) is 4. The summed E-state index contributed by atoms with van der Waals surface area (Å²) in [7, 11) is 0. The van der Waals surface area contributed by atoms with Gasteiger partial charge in [-0.25, -0.2) is 9.59 Å². The quantitative estimate of drug-likeness (QED) is 0.626. The number of hydrogen-bond acceptors (Lipinski definition) is 3. The summed E-state index contributed by atoms with van der Waals surface area (Å²) in [5.41, 5.74) is 1.46. The fourth-order valence-electron chi connectivity index (χ4n) is 1.64. The van der Waals surface area contributed by atoms with Crippen LogP contribution < -0.4 is 10.6 Å². The highest BCUT2D eigenvalue weighted by atomic mass is 16.4. The Labute approximate surface area is 115 Å². The van der Waals surface area contributed by atoms with E-state index in [1.807, 2.05) is 19.1 Å². The summed E-state index contributed by atoms with van der Waals surface area (Å²) in [5, 5.41) is 22.0. The highest BCUT2D eigenvalue weighted by Gasteiger charge is 2.23. The van der Waals surface area contributed by atoms with E-state index in [1.165, 1.54) is 0 Å². The molecule has 1 rings (SSSR count). The molecule has 108 valence electrons. The van der Waals surface area contributed by atoms with Crippen molar-refractivity contribution in [2.24, 2.45) is 0 Å². The third-order valence-corrected chi connectivity index (χ3v) is 2.63. The number of carbonyl (C=O) groups excluding carboxylic acids is 1. The lowest BCUT2D eigenvalue weighted by Gasteiger charge is -2.14. The summed E-state index contributed by atoms with van der Waals surface area (Å²) in [6.07, 6.45) is 0.0200. The van der Waals surface area contributed by atoms with Gasteiger partial charge in [-0.1, -0.05) is 25.1 Å². The Hall–Kier alpha value is -2.57. The molecule has 0 spiro atoms. The number of aliphatic carboxylic acids is 2. The van der Waals surface area contributed by atoms with Crippen molar-refractivity contribution in [3.05, 3.63) is 29.8 Å². The van der Waals surface area contributed by atoms with E-state index in [-0.39, 0.29) is 0 Å². The van der Waals surface area contributed by atoms with E-state index in [0.29, 0.717) is 12.1 Å². The number of carboxylic acids is 2. The number of nitrogens with one attached hydrogen (secondary N) is 2. The molecule has 0 radical (unpaired) electrons. The molecule has 4 N–H and O–H groups in total. The van der Waals surface area contributed by atoms with Gasteiger partial charge in [0.25, 0.3) is 0 Å². The number of amides is 2. The number of anilines is 1. The average molecular weight is 280 g/mol. The first-order chi connectivity index (χ1) is 9.43. The monoisotopic (exact) mass is 280 g/mol. The lowest BCUT2D eigenvalue weighted by molar-refractivity contribution is -0.145. The van der Waals surface area contributed by atoms with E-state index < -0.39 is 30.4 Å². The number of carboxylic acid groups (broad SMARTS) is 2. The minimum atomic E-state index is -1.47. The molecule has 7 nitrogen and oxygen atoms in total. The molecule has 20 heavy (non-hydrogen) atoms. The van der Waals surface area contributed by atoms with Crippen LogP contribution in [0.1, 0.15) is 18.9 Å². The Morgan fingerprint density at radius 3 is 2.40 bits per heavy atom. The van der Waals surface area contributed by atoms with Crippen LogP contribution in [0, 0.1) is 0 Å². The summed E-state index contributed by atoms with van der Waals surface area (Å²) in [4.78, 5) is 33.1. The zero-order valence-corrected chi connectivity index (χ0v) is 10.9. The molecule has 1 atom stereocenters. The minimum Gasteiger partial charge on any atom is -0.481 e. The van der Waals surface area contributed by atoms with Gasteiger partial charge >= 0.3 is 18.0 Å². The summed E-state index contributed by atoms with van der Waals surface area (Å²) in [6, 6.07) is 4.86. The van der Waals surface area contributed by atoms with Crippen molar-refractivity contribution >= 4 is 23.7 Å². The third-order valence-electron chi connectivity index (χ3n) is 2.63. The van der Waals surface area contributed by atoms with Gasteiger partial charge in [0.15, 0.2) is 0 Å². The Morgan fingerprint density at radius 1 is 1.20 bits per heavy atom. The van der Waals surface area contributed by atoms with Crippen molar-refractivity contribution in [1.82, 2.24) is 5.32 Å². The fourth-order valence-corrected chi connectivity index (χ4v) is 1.64. The molecule has 0 aliphatic heterocycles. The van der Waals surface area contributed by atoms with Crippen molar-refractivity contribution in [1.29, 1.82) is 0 Å². The number of urea groups is 1. The van der Waals surface area contributed by atoms with Crippen LogP contribution in [0.15, 0.2) is 24.3 Å². The maximum Gasteiger partial charge on any atom is 0.326 e. The van der Waals surface area contributed by atoms with Crippen LogP contribution in [0.2, 0.25) is 0 Å². The summed E-state index contributed by atoms with van der Waals surface area (Å²) in [5.74, 6) is -2.70. The van der Waals surface area contributed by atoms with Crippen LogP contribution in [-0.2, 0) is 16.0 Å². The van der Waals surface area contributed by atoms with Crippen molar-refractivity contribution in [3.8, 4) is 0 Å². The first kappa shape index (κ1) is 15.5. The molecule has 7 heteroatoms. The highest BCUT2D eigenvalue weighted by molar-refractivity contribution is 5.93. The average Bonchev–Trinajstić information content (AvgIpc) is 2.37. The lowest BCUT2D eigenvalue weighted by Crippen LogP contribution is -2.44. The van der Waals surface area contributed by atoms with Crippen LogP contribution in [0.25, 0.3) is 0 Å². The zero-order chi connectivity index (χ0) is 15.1. The van der Waals surface area contributed by atoms with E-state index in [4.69, 9.17) is 10.2 Å². The largest absolute Gasteiger partial charge is 0.481 e. The second-order valence-electron chi connectivity index (χ2n) is 4.10. The first-order valence-corrected chi connectivity index (χ1v) is 6.04. The molecule has 0 fully saturated rings. The normalized spacial score (nSPS) is 11.4. The number of benzene rings is 1. The van der Waals surface area contributed by atoms with Crippen LogP contribution in [-0.4, -0.2) is 34.2 Å². The molecular weight excluding hydrogens is 264 g/mol. The van der Waals surface area contributed by atoms with Gasteiger partial charge < -0.3 is 20.8 Å². The number of rotatable bonds is 6. The Kier molecular flexibility index (Phi) is 5.52. The standard InChI is InChI=1S/C13H16N2O5/c1-2-8-5-3-4-6-9(8)14-13(20)15-10(12(18)19)7-11(16)17/h3-6,10H,2,7H2,1H3,(H,16,17)(H,18,19)(H2,14,15,20)/t10-/m0/s1. The van der Waals surface area contributed by atoms with Gasteiger partial charge in [-0.15, -0.1) is 0 Å². The number of aryl methyl sites for hydroxylation is 1. The summed E-state index contributed by atoms with van der Waals surface area (Å²) in [6.45, 7) is 1.92. The maximum atomic E-state index is 11.7. The van der Waals surface area contributed by atoms with E-state index >= 15 is 0 Å². The smallest absolute Gasteiger partial charge is 0.326 e. The van der Waals surface area contributed by atoms with Gasteiger partial charge in [-0.2, -0.15) is 0 Å². The molecule has 0 aliphatic rings. The molecule has 1 aromatic carbocycles. The molecule has 0 heterocycles. The molecule has 1 aromatic rings. The molecule has 0 aliphatic carbocycles. The fraction of sp³-hybridized carbons (Fsp3) is 0.308. The predicted octanol–water partition coefficient (Wildman–Crippen LogP) is 1.30. The third kappa shape index (κ3) is 4.60. The highest BCUT2D eigenvalue weighted by Crippen LogP contribution is 2.15. The molecule has 0 saturated carbocycles. The number of carbonyl (C=O) groups is 3. The Bertz CT molecular complexity index is 515. The summed E-state index contributed by atoms with van der Waals surface area (Å²) >= 11 is 0. The SMILES string of the molecule is CCc1ccccc1NC(=O)N[C@@H](CC(=O)O)C(=O)O. The van der Waals surface area contributed by atoms with Gasteiger partial charge in [0.1, 0.15) is 6.04 Å². The van der Waals surface area contributed by atoms with E-state index in [2.05, 4.69) is 10.6 Å². The zero-order valence-electron chi connectivity index (χ0n) is 10.9. The molecule has 0 saturated heterocycles. The van der Waals surface area contributed by atoms with Crippen molar-refractivity contribution in [3.63, 3.8) is 0 Å². The first-order valence-electron chi connectivity index (χ1n) is 6.04. The van der Waals surface area contributed by atoms with Crippen molar-refractivity contribution < 1.29 is 24.6 Å². The lowest BCUT2D eigenvalue weighted by atomic mass is 10.1. The van der Waals surface area contributed by atoms with Crippen LogP contribution in [0.3, 0.4) is 0 Å². The second-order valence-corrected chi connectivity index (χ2v) is 4.10.